The van der Waals surface area contributed by atoms with E-state index in [1.165, 1.54) is 6.07 Å². The Hall–Kier alpha value is -1.27. The Bertz CT molecular complexity index is 593. The minimum absolute atomic E-state index is 0.136. The van der Waals surface area contributed by atoms with Crippen LogP contribution < -0.4 is 5.32 Å². The van der Waals surface area contributed by atoms with Crippen LogP contribution in [0.25, 0.3) is 5.69 Å². The van der Waals surface area contributed by atoms with Gasteiger partial charge in [0, 0.05) is 4.47 Å². The Balaban J connectivity index is 2.52. The summed E-state index contributed by atoms with van der Waals surface area (Å²) in [5.74, 6) is -0.317. The summed E-state index contributed by atoms with van der Waals surface area (Å²) < 4.78 is 16.4. The highest BCUT2D eigenvalue weighted by Gasteiger charge is 2.20. The smallest absolute Gasteiger partial charge is 0.150 e. The van der Waals surface area contributed by atoms with Gasteiger partial charge in [0.05, 0.1) is 11.7 Å². The van der Waals surface area contributed by atoms with Gasteiger partial charge in [-0.25, -0.2) is 9.07 Å². The molecule has 0 radical (unpaired) electrons. The molecule has 1 heterocycles. The SMILES string of the molecule is CCc1c(C(CC)NC)nnn1-c1ccc(Br)cc1F. The summed E-state index contributed by atoms with van der Waals surface area (Å²) in [6, 6.07) is 5.08. The number of hydrogen-bond acceptors (Lipinski definition) is 3. The number of benzene rings is 1. The van der Waals surface area contributed by atoms with Crippen LogP contribution in [0.15, 0.2) is 22.7 Å². The molecule has 0 aliphatic heterocycles. The van der Waals surface area contributed by atoms with Crippen molar-refractivity contribution in [2.45, 2.75) is 32.7 Å². The van der Waals surface area contributed by atoms with Crippen molar-refractivity contribution in [2.24, 2.45) is 0 Å². The summed E-state index contributed by atoms with van der Waals surface area (Å²) in [6.07, 6.45) is 1.65. The van der Waals surface area contributed by atoms with E-state index in [1.54, 1.807) is 16.8 Å². The van der Waals surface area contributed by atoms with Crippen molar-refractivity contribution in [3.8, 4) is 5.69 Å². The zero-order valence-electron chi connectivity index (χ0n) is 11.8. The fraction of sp³-hybridized carbons (Fsp3) is 0.429. The van der Waals surface area contributed by atoms with Crippen molar-refractivity contribution in [2.75, 3.05) is 7.05 Å². The molecule has 20 heavy (non-hydrogen) atoms. The molecule has 0 spiro atoms. The number of nitrogens with one attached hydrogen (secondary N) is 1. The first kappa shape index (κ1) is 15.1. The van der Waals surface area contributed by atoms with Crippen LogP contribution in [0.2, 0.25) is 0 Å². The van der Waals surface area contributed by atoms with Crippen molar-refractivity contribution in [1.29, 1.82) is 0 Å². The molecule has 1 N–H and O–H groups in total. The number of halogens is 2. The lowest BCUT2D eigenvalue weighted by Gasteiger charge is -2.13. The largest absolute Gasteiger partial charge is 0.312 e. The van der Waals surface area contributed by atoms with E-state index in [0.29, 0.717) is 10.2 Å². The zero-order chi connectivity index (χ0) is 14.7. The Morgan fingerprint density at radius 3 is 2.70 bits per heavy atom. The Labute approximate surface area is 126 Å². The second-order valence-electron chi connectivity index (χ2n) is 4.53. The quantitative estimate of drug-likeness (QED) is 0.906. The van der Waals surface area contributed by atoms with E-state index in [1.807, 2.05) is 14.0 Å². The highest BCUT2D eigenvalue weighted by atomic mass is 79.9. The van der Waals surface area contributed by atoms with Crippen LogP contribution in [0.5, 0.6) is 0 Å². The molecule has 1 aromatic heterocycles. The molecule has 1 atom stereocenters. The molecule has 1 aromatic carbocycles. The van der Waals surface area contributed by atoms with Gasteiger partial charge >= 0.3 is 0 Å². The van der Waals surface area contributed by atoms with E-state index < -0.39 is 0 Å². The first-order valence-electron chi connectivity index (χ1n) is 6.69. The van der Waals surface area contributed by atoms with E-state index in [0.717, 1.165) is 24.2 Å². The van der Waals surface area contributed by atoms with Gasteiger partial charge in [-0.2, -0.15) is 0 Å². The zero-order valence-corrected chi connectivity index (χ0v) is 13.4. The van der Waals surface area contributed by atoms with Crippen molar-refractivity contribution in [1.82, 2.24) is 20.3 Å². The molecule has 2 rings (SSSR count). The van der Waals surface area contributed by atoms with Crippen molar-refractivity contribution >= 4 is 15.9 Å². The van der Waals surface area contributed by atoms with E-state index in [-0.39, 0.29) is 11.9 Å². The first-order valence-corrected chi connectivity index (χ1v) is 7.48. The molecule has 0 fully saturated rings. The Kier molecular flexibility index (Phi) is 4.88. The van der Waals surface area contributed by atoms with Crippen LogP contribution in [0.4, 0.5) is 4.39 Å². The minimum Gasteiger partial charge on any atom is -0.312 e. The molecular formula is C14H18BrFN4. The Morgan fingerprint density at radius 2 is 2.15 bits per heavy atom. The maximum absolute atomic E-state index is 14.1. The maximum Gasteiger partial charge on any atom is 0.150 e. The van der Waals surface area contributed by atoms with Gasteiger partial charge in [-0.15, -0.1) is 5.10 Å². The molecule has 0 bridgehead atoms. The molecular weight excluding hydrogens is 323 g/mol. The molecule has 1 unspecified atom stereocenters. The third-order valence-electron chi connectivity index (χ3n) is 3.35. The first-order chi connectivity index (χ1) is 9.62. The van der Waals surface area contributed by atoms with Crippen LogP contribution in [-0.2, 0) is 6.42 Å². The van der Waals surface area contributed by atoms with Gasteiger partial charge in [0.1, 0.15) is 17.2 Å². The Morgan fingerprint density at radius 1 is 1.40 bits per heavy atom. The van der Waals surface area contributed by atoms with Crippen LogP contribution in [0.3, 0.4) is 0 Å². The fourth-order valence-electron chi connectivity index (χ4n) is 2.30. The molecule has 108 valence electrons. The molecule has 0 aliphatic carbocycles. The lowest BCUT2D eigenvalue weighted by Crippen LogP contribution is -2.17. The van der Waals surface area contributed by atoms with Gasteiger partial charge in [0.25, 0.3) is 0 Å². The lowest BCUT2D eigenvalue weighted by atomic mass is 10.1. The minimum atomic E-state index is -0.317. The third kappa shape index (κ3) is 2.76. The third-order valence-corrected chi connectivity index (χ3v) is 3.85. The fourth-order valence-corrected chi connectivity index (χ4v) is 2.63. The second-order valence-corrected chi connectivity index (χ2v) is 5.45. The van der Waals surface area contributed by atoms with Crippen LogP contribution in [-0.4, -0.2) is 22.0 Å². The van der Waals surface area contributed by atoms with Gasteiger partial charge in [-0.1, -0.05) is 35.0 Å². The summed E-state index contributed by atoms with van der Waals surface area (Å²) in [5.41, 5.74) is 2.25. The maximum atomic E-state index is 14.1. The predicted octanol–water partition coefficient (Wildman–Crippen LogP) is 3.40. The van der Waals surface area contributed by atoms with Crippen LogP contribution in [0.1, 0.15) is 37.7 Å². The van der Waals surface area contributed by atoms with Crippen LogP contribution >= 0.6 is 15.9 Å². The van der Waals surface area contributed by atoms with Gasteiger partial charge in [0.15, 0.2) is 0 Å². The molecule has 4 nitrogen and oxygen atoms in total. The van der Waals surface area contributed by atoms with Crippen molar-refractivity contribution in [3.63, 3.8) is 0 Å². The summed E-state index contributed by atoms with van der Waals surface area (Å²) in [4.78, 5) is 0. The summed E-state index contributed by atoms with van der Waals surface area (Å²) in [6.45, 7) is 4.11. The predicted molar refractivity (Wildman–Crippen MR) is 80.5 cm³/mol. The normalized spacial score (nSPS) is 12.7. The molecule has 0 aliphatic rings. The molecule has 0 saturated heterocycles. The van der Waals surface area contributed by atoms with E-state index in [4.69, 9.17) is 0 Å². The highest BCUT2D eigenvalue weighted by molar-refractivity contribution is 9.10. The van der Waals surface area contributed by atoms with Gasteiger partial charge < -0.3 is 5.32 Å². The lowest BCUT2D eigenvalue weighted by molar-refractivity contribution is 0.555. The average Bonchev–Trinajstić information content (AvgIpc) is 2.84. The molecule has 0 saturated carbocycles. The van der Waals surface area contributed by atoms with Gasteiger partial charge in [0.2, 0.25) is 0 Å². The second kappa shape index (κ2) is 6.45. The van der Waals surface area contributed by atoms with E-state index in [9.17, 15) is 4.39 Å². The highest BCUT2D eigenvalue weighted by Crippen LogP contribution is 2.24. The van der Waals surface area contributed by atoms with Gasteiger partial charge in [-0.3, -0.25) is 0 Å². The number of hydrogen-bond donors (Lipinski definition) is 1. The summed E-state index contributed by atoms with van der Waals surface area (Å²) in [7, 11) is 1.90. The van der Waals surface area contributed by atoms with Crippen molar-refractivity contribution in [3.05, 3.63) is 39.9 Å². The molecule has 0 amide bonds. The number of rotatable bonds is 5. The van der Waals surface area contributed by atoms with E-state index >= 15 is 0 Å². The summed E-state index contributed by atoms with van der Waals surface area (Å²) >= 11 is 3.26. The topological polar surface area (TPSA) is 42.7 Å². The molecule has 6 heteroatoms. The molecule has 2 aromatic rings. The van der Waals surface area contributed by atoms with Crippen molar-refractivity contribution < 1.29 is 4.39 Å². The number of aromatic nitrogens is 3. The summed E-state index contributed by atoms with van der Waals surface area (Å²) in [5, 5.41) is 11.6. The monoisotopic (exact) mass is 340 g/mol. The average molecular weight is 341 g/mol. The van der Waals surface area contributed by atoms with Crippen LogP contribution in [0, 0.1) is 5.82 Å². The standard InChI is InChI=1S/C14H18BrFN4/c1-4-11(17-3)14-12(5-2)20(19-18-14)13-7-6-9(15)8-10(13)16/h6-8,11,17H,4-5H2,1-3H3. The van der Waals surface area contributed by atoms with E-state index in [2.05, 4.69) is 38.5 Å². The number of nitrogens with zero attached hydrogens (tertiary/aromatic N) is 3. The van der Waals surface area contributed by atoms with Gasteiger partial charge in [-0.05, 0) is 38.1 Å².